The van der Waals surface area contributed by atoms with E-state index in [1.165, 1.54) is 0 Å². The first-order valence-corrected chi connectivity index (χ1v) is 10.4. The van der Waals surface area contributed by atoms with Gasteiger partial charge in [0.25, 0.3) is 0 Å². The molecule has 11 nitrogen and oxygen atoms in total. The summed E-state index contributed by atoms with van der Waals surface area (Å²) in [6.45, 7) is 6.14. The van der Waals surface area contributed by atoms with Gasteiger partial charge in [0.05, 0.1) is 26.2 Å². The molecule has 0 aliphatic heterocycles. The highest BCUT2D eigenvalue weighted by atomic mass is 16.4. The Morgan fingerprint density at radius 2 is 0.939 bits per heavy atom. The van der Waals surface area contributed by atoms with Crippen LogP contribution in [0.25, 0.3) is 0 Å². The molecule has 0 saturated heterocycles. The molecular weight excluding hydrogens is 436 g/mol. The summed E-state index contributed by atoms with van der Waals surface area (Å²) in [5, 5.41) is 44.4. The third-order valence-electron chi connectivity index (χ3n) is 4.51. The maximum absolute atomic E-state index is 10.6. The van der Waals surface area contributed by atoms with E-state index in [1.54, 1.807) is 0 Å². The first kappa shape index (κ1) is 29.8. The van der Waals surface area contributed by atoms with Crippen LogP contribution in [0, 0.1) is 0 Å². The minimum Gasteiger partial charge on any atom is -0.507 e. The molecule has 0 fully saturated rings. The van der Waals surface area contributed by atoms with Gasteiger partial charge in [0.15, 0.2) is 0 Å². The van der Waals surface area contributed by atoms with E-state index in [0.717, 1.165) is 20.9 Å². The van der Waals surface area contributed by atoms with E-state index in [1.807, 2.05) is 18.2 Å². The third-order valence-corrected chi connectivity index (χ3v) is 4.51. The monoisotopic (exact) mass is 470 g/mol. The molecule has 0 aliphatic carbocycles. The topological polar surface area (TPSA) is 176 Å². The van der Waals surface area contributed by atoms with Crippen LogP contribution in [-0.4, -0.2) is 98.5 Å². The highest BCUT2D eigenvalue weighted by molar-refractivity contribution is 5.73. The summed E-state index contributed by atoms with van der Waals surface area (Å²) in [5.41, 5.74) is 2.09. The fraction of sp³-hybridized carbons (Fsp3) is 0.545. The van der Waals surface area contributed by atoms with Crippen molar-refractivity contribution in [3.63, 3.8) is 0 Å². The molecule has 11 heteroatoms. The second-order valence-electron chi connectivity index (χ2n) is 8.09. The summed E-state index contributed by atoms with van der Waals surface area (Å²) in [4.78, 5) is 44.4. The Balaban J connectivity index is 0.000000676. The summed E-state index contributed by atoms with van der Waals surface area (Å²) in [6.07, 6.45) is 0. The first-order chi connectivity index (χ1) is 15.2. The van der Waals surface area contributed by atoms with Crippen LogP contribution in [-0.2, 0) is 19.2 Å². The lowest BCUT2D eigenvalue weighted by Gasteiger charge is -2.23. The van der Waals surface area contributed by atoms with E-state index < -0.39 is 50.1 Å². The second-order valence-corrected chi connectivity index (χ2v) is 8.09. The third kappa shape index (κ3) is 13.1. The molecule has 1 aromatic rings. The molecular formula is C22H34N2O9. The quantitative estimate of drug-likeness (QED) is 0.283. The van der Waals surface area contributed by atoms with Gasteiger partial charge in [-0.15, -0.1) is 0 Å². The summed E-state index contributed by atoms with van der Waals surface area (Å²) >= 11 is 0. The number of carboxylic acids is 4. The van der Waals surface area contributed by atoms with Crippen molar-refractivity contribution in [2.24, 2.45) is 0 Å². The Labute approximate surface area is 192 Å². The van der Waals surface area contributed by atoms with Crippen LogP contribution < -0.4 is 0 Å². The Morgan fingerprint density at radius 3 is 1.15 bits per heavy atom. The minimum atomic E-state index is -1.23. The van der Waals surface area contributed by atoms with Crippen LogP contribution in [0.3, 0.4) is 0 Å². The number of nitrogens with zero attached hydrogens (tertiary/aromatic N) is 2. The van der Waals surface area contributed by atoms with Gasteiger partial charge < -0.3 is 25.5 Å². The van der Waals surface area contributed by atoms with Crippen molar-refractivity contribution in [1.29, 1.82) is 0 Å². The number of phenols is 1. The molecule has 0 aromatic heterocycles. The van der Waals surface area contributed by atoms with E-state index in [0.29, 0.717) is 17.6 Å². The predicted octanol–water partition coefficient (Wildman–Crippen LogP) is 1.57. The lowest BCUT2D eigenvalue weighted by atomic mass is 9.94. The van der Waals surface area contributed by atoms with E-state index in [4.69, 9.17) is 20.4 Å². The first-order valence-electron chi connectivity index (χ1n) is 10.4. The second kappa shape index (κ2) is 14.8. The van der Waals surface area contributed by atoms with Gasteiger partial charge in [0, 0.05) is 13.1 Å². The molecule has 186 valence electrons. The van der Waals surface area contributed by atoms with Gasteiger partial charge in [-0.2, -0.15) is 0 Å². The minimum absolute atomic E-state index is 0.0703. The average Bonchev–Trinajstić information content (AvgIpc) is 2.64. The van der Waals surface area contributed by atoms with Crippen LogP contribution in [0.2, 0.25) is 0 Å². The Morgan fingerprint density at radius 1 is 0.667 bits per heavy atom. The number of para-hydroxylation sites is 1. The maximum Gasteiger partial charge on any atom is 0.317 e. The maximum atomic E-state index is 10.6. The zero-order valence-electron chi connectivity index (χ0n) is 19.4. The van der Waals surface area contributed by atoms with Crippen LogP contribution in [0.4, 0.5) is 0 Å². The van der Waals surface area contributed by atoms with Gasteiger partial charge in [0.1, 0.15) is 5.75 Å². The average molecular weight is 471 g/mol. The molecule has 0 amide bonds. The molecule has 0 bridgehead atoms. The highest BCUT2D eigenvalue weighted by Crippen LogP contribution is 2.32. The van der Waals surface area contributed by atoms with Gasteiger partial charge in [-0.1, -0.05) is 45.9 Å². The molecule has 0 heterocycles. The van der Waals surface area contributed by atoms with Crippen molar-refractivity contribution < 1.29 is 44.7 Å². The number of aromatic hydroxyl groups is 1. The number of benzene rings is 1. The Hall–Kier alpha value is -3.18. The van der Waals surface area contributed by atoms with Gasteiger partial charge in [-0.05, 0) is 23.0 Å². The molecule has 1 aromatic carbocycles. The van der Waals surface area contributed by atoms with Gasteiger partial charge in [0.2, 0.25) is 0 Å². The molecule has 0 aliphatic rings. The highest BCUT2D eigenvalue weighted by Gasteiger charge is 2.18. The summed E-state index contributed by atoms with van der Waals surface area (Å²) < 4.78 is 0. The van der Waals surface area contributed by atoms with E-state index >= 15 is 0 Å². The summed E-state index contributed by atoms with van der Waals surface area (Å²) in [5.74, 6) is -3.66. The van der Waals surface area contributed by atoms with Crippen molar-refractivity contribution in [1.82, 2.24) is 9.80 Å². The largest absolute Gasteiger partial charge is 0.507 e. The lowest BCUT2D eigenvalue weighted by molar-refractivity contribution is -0.145. The van der Waals surface area contributed by atoms with Crippen LogP contribution in [0.5, 0.6) is 5.75 Å². The van der Waals surface area contributed by atoms with Crippen molar-refractivity contribution >= 4 is 23.9 Å². The van der Waals surface area contributed by atoms with Crippen molar-refractivity contribution in [2.45, 2.75) is 39.5 Å². The predicted molar refractivity (Wildman–Crippen MR) is 120 cm³/mol. The standard InChI is InChI=1S/C12H18O.C10H16N2O8/c1-8(2)10-6-5-7-11(9(3)4)12(10)13;13-7(14)3-11(4-8(15)16)1-2-12(5-9(17)18)6-10(19)20/h5-9,13H,1-4H3;1-6H2,(H,13,14)(H,15,16)(H,17,18)(H,19,20). The number of hydrogen-bond donors (Lipinski definition) is 5. The van der Waals surface area contributed by atoms with Crippen LogP contribution in [0.15, 0.2) is 18.2 Å². The number of carboxylic acid groups (broad SMARTS) is 4. The Kier molecular flexibility index (Phi) is 13.4. The Bertz CT molecular complexity index is 715. The van der Waals surface area contributed by atoms with E-state index in [2.05, 4.69) is 27.7 Å². The van der Waals surface area contributed by atoms with Crippen LogP contribution >= 0.6 is 0 Å². The smallest absolute Gasteiger partial charge is 0.317 e. The zero-order chi connectivity index (χ0) is 25.7. The van der Waals surface area contributed by atoms with Crippen LogP contribution in [0.1, 0.15) is 50.7 Å². The molecule has 0 unspecified atom stereocenters. The molecule has 0 saturated carbocycles. The van der Waals surface area contributed by atoms with Gasteiger partial charge >= 0.3 is 23.9 Å². The summed E-state index contributed by atoms with van der Waals surface area (Å²) in [6, 6.07) is 6.00. The fourth-order valence-electron chi connectivity index (χ4n) is 2.99. The molecule has 1 rings (SSSR count). The SMILES string of the molecule is CC(C)c1cccc(C(C)C)c1O.O=C(O)CN(CCN(CC(=O)O)CC(=O)O)CC(=O)O. The molecule has 0 radical (unpaired) electrons. The molecule has 33 heavy (non-hydrogen) atoms. The number of carbonyl (C=O) groups is 4. The molecule has 0 spiro atoms. The number of aliphatic carboxylic acids is 4. The zero-order valence-corrected chi connectivity index (χ0v) is 19.4. The number of phenolic OH excluding ortho intramolecular Hbond substituents is 1. The molecule has 5 N–H and O–H groups in total. The summed E-state index contributed by atoms with van der Waals surface area (Å²) in [7, 11) is 0. The van der Waals surface area contributed by atoms with Crippen molar-refractivity contribution in [3.8, 4) is 5.75 Å². The fourth-order valence-corrected chi connectivity index (χ4v) is 2.99. The number of rotatable bonds is 13. The normalized spacial score (nSPS) is 10.9. The van der Waals surface area contributed by atoms with E-state index in [9.17, 15) is 24.3 Å². The van der Waals surface area contributed by atoms with Crippen molar-refractivity contribution in [2.75, 3.05) is 39.3 Å². The van der Waals surface area contributed by atoms with Gasteiger partial charge in [-0.25, -0.2) is 0 Å². The van der Waals surface area contributed by atoms with Crippen molar-refractivity contribution in [3.05, 3.63) is 29.3 Å². The molecule has 0 atom stereocenters. The number of hydrogen-bond acceptors (Lipinski definition) is 7. The lowest BCUT2D eigenvalue weighted by Crippen LogP contribution is -2.43. The van der Waals surface area contributed by atoms with E-state index in [-0.39, 0.29) is 13.1 Å². The van der Waals surface area contributed by atoms with Gasteiger partial charge in [-0.3, -0.25) is 29.0 Å².